The van der Waals surface area contributed by atoms with Gasteiger partial charge >= 0.3 is 6.09 Å². The molecule has 0 aliphatic carbocycles. The molecule has 2 saturated heterocycles. The third kappa shape index (κ3) is 5.78. The molecule has 2 unspecified atom stereocenters. The van der Waals surface area contributed by atoms with E-state index in [0.717, 1.165) is 0 Å². The Bertz CT molecular complexity index is 1980. The topological polar surface area (TPSA) is 86.3 Å². The van der Waals surface area contributed by atoms with E-state index in [9.17, 15) is 9.18 Å². The number of ether oxygens (including phenoxy) is 4. The van der Waals surface area contributed by atoms with E-state index in [4.69, 9.17) is 36.8 Å². The number of hydrogen-bond acceptors (Lipinski definition) is 8. The van der Waals surface area contributed by atoms with Crippen LogP contribution in [0.4, 0.5) is 19.4 Å². The number of piperazine rings is 1. The second-order valence-corrected chi connectivity index (χ2v) is 12.6. The molecule has 47 heavy (non-hydrogen) atoms. The van der Waals surface area contributed by atoms with Gasteiger partial charge in [0.15, 0.2) is 12.6 Å². The highest BCUT2D eigenvalue weighted by molar-refractivity contribution is 6.04. The Hall–Kier alpha value is -4.97. The lowest BCUT2D eigenvalue weighted by Gasteiger charge is -2.50. The number of nitrogens with zero attached hydrogens (tertiary/aromatic N) is 4. The second-order valence-electron chi connectivity index (χ2n) is 12.6. The molecule has 11 heteroatoms. The summed E-state index contributed by atoms with van der Waals surface area (Å²) >= 11 is 0. The molecule has 2 fully saturated rings. The predicted octanol–water partition coefficient (Wildman–Crippen LogP) is 5.81. The summed E-state index contributed by atoms with van der Waals surface area (Å²) < 4.78 is 54.3. The molecule has 0 saturated carbocycles. The van der Waals surface area contributed by atoms with Gasteiger partial charge in [-0.05, 0) is 62.8 Å². The van der Waals surface area contributed by atoms with Crippen LogP contribution in [0.15, 0.2) is 30.5 Å². The lowest BCUT2D eigenvalue weighted by Crippen LogP contribution is -2.66. The quantitative estimate of drug-likeness (QED) is 0.200. The zero-order valence-electron chi connectivity index (χ0n) is 26.8. The van der Waals surface area contributed by atoms with Crippen LogP contribution >= 0.6 is 0 Å². The fourth-order valence-corrected chi connectivity index (χ4v) is 6.35. The van der Waals surface area contributed by atoms with Crippen molar-refractivity contribution in [1.29, 1.82) is 0 Å². The number of terminal acetylenes is 2. The van der Waals surface area contributed by atoms with Gasteiger partial charge in [-0.2, -0.15) is 0 Å². The van der Waals surface area contributed by atoms with Crippen LogP contribution in [-0.2, 0) is 14.2 Å². The number of amides is 1. The van der Waals surface area contributed by atoms with Gasteiger partial charge in [0.05, 0.1) is 30.9 Å². The maximum Gasteiger partial charge on any atom is 0.410 e. The van der Waals surface area contributed by atoms with E-state index in [1.807, 2.05) is 25.7 Å². The lowest BCUT2D eigenvalue weighted by atomic mass is 9.94. The molecule has 2 bridgehead atoms. The minimum atomic E-state index is -0.675. The molecule has 1 amide bonds. The van der Waals surface area contributed by atoms with Gasteiger partial charge < -0.3 is 28.7 Å². The summed E-state index contributed by atoms with van der Waals surface area (Å²) in [5, 5.41) is 1.51. The molecule has 4 heterocycles. The number of anilines is 1. The van der Waals surface area contributed by atoms with Crippen LogP contribution in [0.2, 0.25) is 0 Å². The first kappa shape index (κ1) is 32.0. The highest BCUT2D eigenvalue weighted by Gasteiger charge is 2.42. The fourth-order valence-electron chi connectivity index (χ4n) is 6.35. The minimum absolute atomic E-state index is 0.0239. The highest BCUT2D eigenvalue weighted by atomic mass is 19.1. The van der Waals surface area contributed by atoms with Crippen LogP contribution in [-0.4, -0.2) is 78.9 Å². The molecule has 0 radical (unpaired) electrons. The Morgan fingerprint density at radius 1 is 1.11 bits per heavy atom. The third-order valence-electron chi connectivity index (χ3n) is 8.29. The monoisotopic (exact) mass is 640 g/mol. The van der Waals surface area contributed by atoms with Crippen LogP contribution in [0.5, 0.6) is 5.75 Å². The standard InChI is InChI=1S/C36H34F2N4O5/c1-8-25-28(37)11-10-21-12-24(46-19-44-7)13-26(31(21)25)33-32(38)30-20(3)29(9-2)40-34(27(30)14-39-33)42-22-15-41(16-23(42)18-45-17-22)35(43)47-36(4,5)6/h1-2,10-14,22-23H,15-19H2,3-7H3. The van der Waals surface area contributed by atoms with Crippen LogP contribution in [0.1, 0.15) is 37.6 Å². The lowest BCUT2D eigenvalue weighted by molar-refractivity contribution is -0.0106. The van der Waals surface area contributed by atoms with Crippen LogP contribution < -0.4 is 9.64 Å². The normalized spacial score (nSPS) is 17.8. The number of rotatable bonds is 5. The molecule has 0 N–H and O–H groups in total. The zero-order chi connectivity index (χ0) is 33.6. The summed E-state index contributed by atoms with van der Waals surface area (Å²) in [6.07, 6.45) is 12.8. The Kier molecular flexibility index (Phi) is 8.39. The SMILES string of the molecule is C#Cc1nc(N2C3COCC2CN(C(=O)OC(C)(C)C)C3)c2cnc(-c3cc(OCOC)cc4ccc(F)c(C#C)c34)c(F)c2c1C. The maximum atomic E-state index is 17.1. The van der Waals surface area contributed by atoms with Crippen molar-refractivity contribution in [2.75, 3.05) is 45.1 Å². The van der Waals surface area contributed by atoms with E-state index in [2.05, 4.69) is 16.8 Å². The van der Waals surface area contributed by atoms with Gasteiger partial charge in [0.1, 0.15) is 34.4 Å². The molecule has 2 aliphatic rings. The molecule has 2 atom stereocenters. The first-order chi connectivity index (χ1) is 22.4. The van der Waals surface area contributed by atoms with Gasteiger partial charge in [-0.1, -0.05) is 12.0 Å². The molecule has 9 nitrogen and oxygen atoms in total. The smallest absolute Gasteiger partial charge is 0.410 e. The molecular formula is C36H34F2N4O5. The van der Waals surface area contributed by atoms with Gasteiger partial charge in [0, 0.05) is 48.1 Å². The zero-order valence-corrected chi connectivity index (χ0v) is 26.8. The number of aromatic nitrogens is 2. The first-order valence-electron chi connectivity index (χ1n) is 15.1. The number of fused-ring (bicyclic) bond motifs is 4. The minimum Gasteiger partial charge on any atom is -0.468 e. The molecule has 2 aromatic carbocycles. The van der Waals surface area contributed by atoms with Crippen molar-refractivity contribution < 1.29 is 32.5 Å². The molecule has 242 valence electrons. The van der Waals surface area contributed by atoms with E-state index in [1.54, 1.807) is 36.2 Å². The fraction of sp³-hybridized carbons (Fsp3) is 0.361. The number of carbonyl (C=O) groups is 1. The summed E-state index contributed by atoms with van der Waals surface area (Å²) in [6.45, 7) is 8.34. The summed E-state index contributed by atoms with van der Waals surface area (Å²) in [6, 6.07) is 5.45. The van der Waals surface area contributed by atoms with Gasteiger partial charge in [-0.25, -0.2) is 18.6 Å². The average Bonchev–Trinajstić information content (AvgIpc) is 3.02. The van der Waals surface area contributed by atoms with E-state index >= 15 is 4.39 Å². The van der Waals surface area contributed by atoms with Crippen molar-refractivity contribution in [3.8, 4) is 41.7 Å². The summed E-state index contributed by atoms with van der Waals surface area (Å²) in [7, 11) is 1.48. The number of morpholine rings is 1. The van der Waals surface area contributed by atoms with Gasteiger partial charge in [-0.15, -0.1) is 12.8 Å². The van der Waals surface area contributed by atoms with Gasteiger partial charge in [0.25, 0.3) is 0 Å². The van der Waals surface area contributed by atoms with E-state index in [1.165, 1.54) is 13.2 Å². The van der Waals surface area contributed by atoms with Crippen molar-refractivity contribution in [3.05, 3.63) is 58.9 Å². The number of benzene rings is 2. The predicted molar refractivity (Wildman–Crippen MR) is 174 cm³/mol. The van der Waals surface area contributed by atoms with Crippen LogP contribution in [0.3, 0.4) is 0 Å². The number of aryl methyl sites for hydroxylation is 1. The van der Waals surface area contributed by atoms with Gasteiger partial charge in [0.2, 0.25) is 0 Å². The summed E-state index contributed by atoms with van der Waals surface area (Å²) in [5.74, 6) is 4.53. The number of halogens is 2. The van der Waals surface area contributed by atoms with Crippen LogP contribution in [0, 0.1) is 43.2 Å². The van der Waals surface area contributed by atoms with E-state index < -0.39 is 23.3 Å². The van der Waals surface area contributed by atoms with Crippen molar-refractivity contribution in [3.63, 3.8) is 0 Å². The van der Waals surface area contributed by atoms with Crippen LogP contribution in [0.25, 0.3) is 32.8 Å². The Labute approximate surface area is 271 Å². The maximum absolute atomic E-state index is 17.1. The molecular weight excluding hydrogens is 606 g/mol. The Morgan fingerprint density at radius 2 is 1.83 bits per heavy atom. The van der Waals surface area contributed by atoms with Gasteiger partial charge in [-0.3, -0.25) is 4.98 Å². The molecule has 4 aromatic rings. The van der Waals surface area contributed by atoms with Crippen molar-refractivity contribution >= 4 is 33.5 Å². The Balaban J connectivity index is 1.53. The number of methoxy groups -OCH3 is 1. The number of hydrogen-bond donors (Lipinski definition) is 0. The molecule has 2 aromatic heterocycles. The van der Waals surface area contributed by atoms with E-state index in [-0.39, 0.29) is 46.8 Å². The first-order valence-corrected chi connectivity index (χ1v) is 15.1. The Morgan fingerprint density at radius 3 is 2.47 bits per heavy atom. The van der Waals surface area contributed by atoms with Crippen molar-refractivity contribution in [2.45, 2.75) is 45.4 Å². The molecule has 2 aliphatic heterocycles. The molecule has 0 spiro atoms. The molecule has 6 rings (SSSR count). The third-order valence-corrected chi connectivity index (χ3v) is 8.29. The second kappa shape index (κ2) is 12.3. The van der Waals surface area contributed by atoms with E-state index in [0.29, 0.717) is 59.6 Å². The largest absolute Gasteiger partial charge is 0.468 e. The highest BCUT2D eigenvalue weighted by Crippen LogP contribution is 2.41. The van der Waals surface area contributed by atoms with Crippen molar-refractivity contribution in [2.24, 2.45) is 0 Å². The number of pyridine rings is 2. The average molecular weight is 641 g/mol. The number of carbonyl (C=O) groups excluding carboxylic acids is 1. The summed E-state index contributed by atoms with van der Waals surface area (Å²) in [5.41, 5.74) is 0.218. The summed E-state index contributed by atoms with van der Waals surface area (Å²) in [4.78, 5) is 26.1. The van der Waals surface area contributed by atoms with Crippen molar-refractivity contribution in [1.82, 2.24) is 14.9 Å².